The van der Waals surface area contributed by atoms with Crippen LogP contribution in [0, 0.1) is 5.92 Å². The van der Waals surface area contributed by atoms with Gasteiger partial charge in [0, 0.05) is 6.54 Å². The van der Waals surface area contributed by atoms with Crippen LogP contribution in [0.5, 0.6) is 0 Å². The summed E-state index contributed by atoms with van der Waals surface area (Å²) in [6.45, 7) is 8.46. The van der Waals surface area contributed by atoms with Gasteiger partial charge in [-0.1, -0.05) is 51.1 Å². The topological polar surface area (TPSA) is 49.4 Å². The molecule has 1 heterocycles. The largest absolute Gasteiger partial charge is 0.342 e. The molecule has 0 saturated carbocycles. The molecular formula is C17H24N2O2. The lowest BCUT2D eigenvalue weighted by Gasteiger charge is -2.47. The van der Waals surface area contributed by atoms with E-state index >= 15 is 0 Å². The van der Waals surface area contributed by atoms with Gasteiger partial charge >= 0.3 is 0 Å². The first kappa shape index (κ1) is 15.5. The normalized spacial score (nSPS) is 26.1. The lowest BCUT2D eigenvalue weighted by Crippen LogP contribution is -2.68. The lowest BCUT2D eigenvalue weighted by atomic mass is 9.84. The minimum absolute atomic E-state index is 0.0113. The SMILES string of the molecule is CCC1NC(=O)C(C)(c2ccccc2)N(CC(C)C)C1=O. The number of hydrogen-bond donors (Lipinski definition) is 1. The molecule has 2 atom stereocenters. The molecule has 1 N–H and O–H groups in total. The second-order valence-electron chi connectivity index (χ2n) is 6.22. The standard InChI is InChI=1S/C17H24N2O2/c1-5-14-15(20)19(11-12(2)3)17(4,16(21)18-14)13-9-7-6-8-10-13/h6-10,12,14H,5,11H2,1-4H3,(H,18,21). The summed E-state index contributed by atoms with van der Waals surface area (Å²) in [6, 6.07) is 9.12. The van der Waals surface area contributed by atoms with E-state index in [1.165, 1.54) is 0 Å². The number of piperazine rings is 1. The summed E-state index contributed by atoms with van der Waals surface area (Å²) < 4.78 is 0. The van der Waals surface area contributed by atoms with Crippen LogP contribution in [0.4, 0.5) is 0 Å². The molecule has 1 aromatic carbocycles. The Morgan fingerprint density at radius 1 is 1.24 bits per heavy atom. The Kier molecular flexibility index (Phi) is 4.35. The van der Waals surface area contributed by atoms with E-state index in [0.29, 0.717) is 18.9 Å². The number of benzene rings is 1. The maximum absolute atomic E-state index is 12.7. The third kappa shape index (κ3) is 2.67. The molecule has 1 saturated heterocycles. The minimum Gasteiger partial charge on any atom is -0.342 e. The summed E-state index contributed by atoms with van der Waals surface area (Å²) in [5, 5.41) is 2.88. The van der Waals surface area contributed by atoms with Gasteiger partial charge < -0.3 is 10.2 Å². The van der Waals surface area contributed by atoms with E-state index in [9.17, 15) is 9.59 Å². The molecule has 1 aromatic rings. The van der Waals surface area contributed by atoms with Crippen LogP contribution < -0.4 is 5.32 Å². The fraction of sp³-hybridized carbons (Fsp3) is 0.529. The summed E-state index contributed by atoms with van der Waals surface area (Å²) in [5.74, 6) is 0.221. The molecule has 0 aliphatic carbocycles. The van der Waals surface area contributed by atoms with Gasteiger partial charge in [0.15, 0.2) is 0 Å². The number of carbonyl (C=O) groups is 2. The molecule has 0 aromatic heterocycles. The zero-order valence-electron chi connectivity index (χ0n) is 13.2. The van der Waals surface area contributed by atoms with Gasteiger partial charge in [-0.2, -0.15) is 0 Å². The van der Waals surface area contributed by atoms with Crippen molar-refractivity contribution in [3.05, 3.63) is 35.9 Å². The Hall–Kier alpha value is -1.84. The maximum atomic E-state index is 12.7. The smallest absolute Gasteiger partial charge is 0.251 e. The molecule has 2 rings (SSSR count). The van der Waals surface area contributed by atoms with Gasteiger partial charge in [0.1, 0.15) is 11.6 Å². The van der Waals surface area contributed by atoms with Crippen molar-refractivity contribution in [2.45, 2.75) is 45.7 Å². The number of carbonyl (C=O) groups excluding carboxylic acids is 2. The zero-order valence-corrected chi connectivity index (χ0v) is 13.2. The predicted molar refractivity (Wildman–Crippen MR) is 82.6 cm³/mol. The molecule has 2 unspecified atom stereocenters. The second-order valence-corrected chi connectivity index (χ2v) is 6.22. The van der Waals surface area contributed by atoms with E-state index in [1.54, 1.807) is 4.90 Å². The first-order valence-corrected chi connectivity index (χ1v) is 7.59. The Morgan fingerprint density at radius 2 is 1.86 bits per heavy atom. The van der Waals surface area contributed by atoms with Gasteiger partial charge in [-0.3, -0.25) is 9.59 Å². The summed E-state index contributed by atoms with van der Waals surface area (Å²) in [7, 11) is 0. The van der Waals surface area contributed by atoms with Crippen LogP contribution in [-0.4, -0.2) is 29.3 Å². The van der Waals surface area contributed by atoms with E-state index in [2.05, 4.69) is 19.2 Å². The number of nitrogens with one attached hydrogen (secondary N) is 1. The fourth-order valence-corrected chi connectivity index (χ4v) is 2.86. The molecule has 4 heteroatoms. The first-order valence-electron chi connectivity index (χ1n) is 7.59. The summed E-state index contributed by atoms with van der Waals surface area (Å²) >= 11 is 0. The average Bonchev–Trinajstić information content (AvgIpc) is 2.48. The van der Waals surface area contributed by atoms with Gasteiger partial charge in [0.2, 0.25) is 5.91 Å². The Balaban J connectivity index is 2.49. The molecule has 1 aliphatic rings. The lowest BCUT2D eigenvalue weighted by molar-refractivity contribution is -0.158. The van der Waals surface area contributed by atoms with E-state index < -0.39 is 11.6 Å². The van der Waals surface area contributed by atoms with Crippen LogP contribution in [0.25, 0.3) is 0 Å². The van der Waals surface area contributed by atoms with Crippen molar-refractivity contribution in [1.29, 1.82) is 0 Å². The third-order valence-corrected chi connectivity index (χ3v) is 4.14. The minimum atomic E-state index is -0.936. The van der Waals surface area contributed by atoms with Crippen molar-refractivity contribution >= 4 is 11.8 Å². The molecule has 1 fully saturated rings. The molecule has 21 heavy (non-hydrogen) atoms. The molecule has 0 bridgehead atoms. The molecule has 2 amide bonds. The van der Waals surface area contributed by atoms with Crippen LogP contribution in [0.3, 0.4) is 0 Å². The Morgan fingerprint density at radius 3 is 2.38 bits per heavy atom. The molecule has 0 spiro atoms. The number of hydrogen-bond acceptors (Lipinski definition) is 2. The van der Waals surface area contributed by atoms with Crippen molar-refractivity contribution in [3.63, 3.8) is 0 Å². The van der Waals surface area contributed by atoms with Gasteiger partial charge in [-0.05, 0) is 24.8 Å². The quantitative estimate of drug-likeness (QED) is 0.924. The highest BCUT2D eigenvalue weighted by Crippen LogP contribution is 2.33. The number of nitrogens with zero attached hydrogens (tertiary/aromatic N) is 1. The zero-order chi connectivity index (χ0) is 15.6. The highest BCUT2D eigenvalue weighted by molar-refractivity contribution is 6.00. The van der Waals surface area contributed by atoms with E-state index in [0.717, 1.165) is 5.56 Å². The Labute approximate surface area is 126 Å². The van der Waals surface area contributed by atoms with Crippen molar-refractivity contribution in [1.82, 2.24) is 10.2 Å². The third-order valence-electron chi connectivity index (χ3n) is 4.14. The predicted octanol–water partition coefficient (Wildman–Crippen LogP) is 2.29. The first-order chi connectivity index (χ1) is 9.91. The van der Waals surface area contributed by atoms with Crippen LogP contribution in [-0.2, 0) is 15.1 Å². The number of rotatable bonds is 4. The van der Waals surface area contributed by atoms with Crippen LogP contribution >= 0.6 is 0 Å². The second kappa shape index (κ2) is 5.88. The fourth-order valence-electron chi connectivity index (χ4n) is 2.86. The summed E-state index contributed by atoms with van der Waals surface area (Å²) in [4.78, 5) is 27.2. The number of amides is 2. The highest BCUT2D eigenvalue weighted by atomic mass is 16.2. The van der Waals surface area contributed by atoms with Crippen molar-refractivity contribution in [3.8, 4) is 0 Å². The molecule has 114 valence electrons. The van der Waals surface area contributed by atoms with Crippen LogP contribution in [0.2, 0.25) is 0 Å². The molecular weight excluding hydrogens is 264 g/mol. The van der Waals surface area contributed by atoms with E-state index in [4.69, 9.17) is 0 Å². The molecule has 4 nitrogen and oxygen atoms in total. The van der Waals surface area contributed by atoms with Gasteiger partial charge in [0.25, 0.3) is 5.91 Å². The van der Waals surface area contributed by atoms with Gasteiger partial charge in [-0.15, -0.1) is 0 Å². The highest BCUT2D eigenvalue weighted by Gasteiger charge is 2.49. The molecule has 0 radical (unpaired) electrons. The molecule has 1 aliphatic heterocycles. The van der Waals surface area contributed by atoms with Crippen molar-refractivity contribution in [2.75, 3.05) is 6.54 Å². The summed E-state index contributed by atoms with van der Waals surface area (Å²) in [5.41, 5.74) is -0.0834. The maximum Gasteiger partial charge on any atom is 0.251 e. The van der Waals surface area contributed by atoms with E-state index in [1.807, 2.05) is 44.2 Å². The van der Waals surface area contributed by atoms with Crippen molar-refractivity contribution < 1.29 is 9.59 Å². The van der Waals surface area contributed by atoms with Crippen molar-refractivity contribution in [2.24, 2.45) is 5.92 Å². The Bertz CT molecular complexity index is 527. The monoisotopic (exact) mass is 288 g/mol. The average molecular weight is 288 g/mol. The van der Waals surface area contributed by atoms with Crippen LogP contribution in [0.1, 0.15) is 39.7 Å². The van der Waals surface area contributed by atoms with Gasteiger partial charge in [-0.25, -0.2) is 0 Å². The van der Waals surface area contributed by atoms with Crippen LogP contribution in [0.15, 0.2) is 30.3 Å². The summed E-state index contributed by atoms with van der Waals surface area (Å²) in [6.07, 6.45) is 0.615. The van der Waals surface area contributed by atoms with Gasteiger partial charge in [0.05, 0.1) is 0 Å². The van der Waals surface area contributed by atoms with E-state index in [-0.39, 0.29) is 11.8 Å².